The number of aryl methyl sites for hydroxylation is 1. The van der Waals surface area contributed by atoms with Gasteiger partial charge in [-0.1, -0.05) is 0 Å². The monoisotopic (exact) mass is 275 g/mol. The highest BCUT2D eigenvalue weighted by atomic mass is 16.3. The van der Waals surface area contributed by atoms with Gasteiger partial charge in [0.1, 0.15) is 0 Å². The van der Waals surface area contributed by atoms with Crippen molar-refractivity contribution in [2.24, 2.45) is 0 Å². The Bertz CT molecular complexity index is 654. The van der Waals surface area contributed by atoms with Gasteiger partial charge in [0.25, 0.3) is 11.7 Å². The van der Waals surface area contributed by atoms with Crippen LogP contribution in [0.4, 0.5) is 0 Å². The highest BCUT2D eigenvalue weighted by Gasteiger charge is 2.31. The molecule has 0 spiro atoms. The van der Waals surface area contributed by atoms with Crippen LogP contribution in [0, 0.1) is 6.92 Å². The molecule has 1 aliphatic heterocycles. The molecule has 20 heavy (non-hydrogen) atoms. The lowest BCUT2D eigenvalue weighted by Gasteiger charge is -2.35. The number of piperidine rings is 1. The van der Waals surface area contributed by atoms with Crippen molar-refractivity contribution in [1.29, 1.82) is 0 Å². The van der Waals surface area contributed by atoms with E-state index in [1.54, 1.807) is 22.5 Å². The second-order valence-electron chi connectivity index (χ2n) is 5.52. The summed E-state index contributed by atoms with van der Waals surface area (Å²) >= 11 is 0. The fourth-order valence-electron chi connectivity index (χ4n) is 2.33. The Morgan fingerprint density at radius 2 is 2.10 bits per heavy atom. The molecule has 7 heteroatoms. The van der Waals surface area contributed by atoms with Gasteiger partial charge in [-0.3, -0.25) is 4.79 Å². The van der Waals surface area contributed by atoms with Crippen molar-refractivity contribution in [3.05, 3.63) is 23.8 Å². The minimum atomic E-state index is -0.679. The number of likely N-dealkylation sites (tertiary alicyclic amines) is 1. The van der Waals surface area contributed by atoms with Crippen LogP contribution < -0.4 is 0 Å². The molecule has 0 bridgehead atoms. The van der Waals surface area contributed by atoms with Crippen LogP contribution in [0.5, 0.6) is 0 Å². The highest BCUT2D eigenvalue weighted by Crippen LogP contribution is 2.21. The van der Waals surface area contributed by atoms with E-state index in [9.17, 15) is 9.90 Å². The maximum atomic E-state index is 12.4. The summed E-state index contributed by atoms with van der Waals surface area (Å²) in [7, 11) is 0. The van der Waals surface area contributed by atoms with Crippen molar-refractivity contribution >= 4 is 11.7 Å². The topological polar surface area (TPSA) is 83.6 Å². The zero-order valence-electron chi connectivity index (χ0n) is 11.6. The van der Waals surface area contributed by atoms with Crippen molar-refractivity contribution < 1.29 is 9.90 Å². The molecule has 2 aromatic rings. The molecule has 3 heterocycles. The maximum absolute atomic E-state index is 12.4. The standard InChI is InChI=1S/C13H17N5O2/c1-9-3-6-14-12-15-10(16-18(9)12)11(19)17-7-4-13(2,20)5-8-17/h3,6,20H,4-5,7-8H2,1-2H3. The van der Waals surface area contributed by atoms with E-state index in [1.807, 2.05) is 13.0 Å². The number of rotatable bonds is 1. The first-order valence-electron chi connectivity index (χ1n) is 6.66. The Balaban J connectivity index is 1.84. The first-order valence-corrected chi connectivity index (χ1v) is 6.66. The Hall–Kier alpha value is -2.02. The first-order chi connectivity index (χ1) is 9.46. The predicted molar refractivity (Wildman–Crippen MR) is 71.3 cm³/mol. The Kier molecular flexibility index (Phi) is 2.93. The number of nitrogens with zero attached hydrogens (tertiary/aromatic N) is 5. The molecule has 1 fully saturated rings. The van der Waals surface area contributed by atoms with Crippen LogP contribution in [-0.2, 0) is 0 Å². The van der Waals surface area contributed by atoms with Crippen molar-refractivity contribution in [2.75, 3.05) is 13.1 Å². The van der Waals surface area contributed by atoms with E-state index in [-0.39, 0.29) is 11.7 Å². The Morgan fingerprint density at radius 3 is 2.75 bits per heavy atom. The molecule has 0 aromatic carbocycles. The van der Waals surface area contributed by atoms with Gasteiger partial charge in [0.15, 0.2) is 0 Å². The van der Waals surface area contributed by atoms with E-state index in [4.69, 9.17) is 0 Å². The van der Waals surface area contributed by atoms with Crippen LogP contribution in [0.3, 0.4) is 0 Å². The third-order valence-electron chi connectivity index (χ3n) is 3.75. The summed E-state index contributed by atoms with van der Waals surface area (Å²) in [6.07, 6.45) is 2.79. The van der Waals surface area contributed by atoms with Crippen LogP contribution in [-0.4, -0.2) is 54.2 Å². The summed E-state index contributed by atoms with van der Waals surface area (Å²) in [6.45, 7) is 4.72. The van der Waals surface area contributed by atoms with Crippen LogP contribution >= 0.6 is 0 Å². The number of carbonyl (C=O) groups excluding carboxylic acids is 1. The van der Waals surface area contributed by atoms with Crippen LogP contribution in [0.2, 0.25) is 0 Å². The van der Waals surface area contributed by atoms with Gasteiger partial charge >= 0.3 is 0 Å². The third kappa shape index (κ3) is 2.24. The second kappa shape index (κ2) is 4.52. The van der Waals surface area contributed by atoms with E-state index < -0.39 is 5.60 Å². The number of hydrogen-bond donors (Lipinski definition) is 1. The van der Waals surface area contributed by atoms with Crippen molar-refractivity contribution in [1.82, 2.24) is 24.5 Å². The van der Waals surface area contributed by atoms with E-state index >= 15 is 0 Å². The molecule has 106 valence electrons. The highest BCUT2D eigenvalue weighted by molar-refractivity contribution is 5.91. The summed E-state index contributed by atoms with van der Waals surface area (Å²) < 4.78 is 1.56. The molecule has 1 saturated heterocycles. The van der Waals surface area contributed by atoms with Gasteiger partial charge in [-0.2, -0.15) is 4.98 Å². The minimum absolute atomic E-state index is 0.161. The van der Waals surface area contributed by atoms with E-state index in [2.05, 4.69) is 15.1 Å². The zero-order valence-corrected chi connectivity index (χ0v) is 11.6. The lowest BCUT2D eigenvalue weighted by molar-refractivity contribution is -0.00236. The quantitative estimate of drug-likeness (QED) is 0.815. The molecule has 0 unspecified atom stereocenters. The Labute approximate surface area is 116 Å². The molecule has 1 aliphatic rings. The van der Waals surface area contributed by atoms with Crippen LogP contribution in [0.1, 0.15) is 36.1 Å². The van der Waals surface area contributed by atoms with E-state index in [1.165, 1.54) is 0 Å². The number of aliphatic hydroxyl groups is 1. The number of fused-ring (bicyclic) bond motifs is 1. The molecule has 0 saturated carbocycles. The fourth-order valence-corrected chi connectivity index (χ4v) is 2.33. The Morgan fingerprint density at radius 1 is 1.40 bits per heavy atom. The van der Waals surface area contributed by atoms with Gasteiger partial charge in [-0.25, -0.2) is 9.50 Å². The van der Waals surface area contributed by atoms with Gasteiger partial charge in [-0.05, 0) is 32.8 Å². The summed E-state index contributed by atoms with van der Waals surface area (Å²) in [5.41, 5.74) is 0.199. The minimum Gasteiger partial charge on any atom is -0.390 e. The molecule has 7 nitrogen and oxygen atoms in total. The molecule has 3 rings (SSSR count). The molecule has 2 aromatic heterocycles. The largest absolute Gasteiger partial charge is 0.390 e. The summed E-state index contributed by atoms with van der Waals surface area (Å²) in [6, 6.07) is 1.81. The molecular formula is C13H17N5O2. The van der Waals surface area contributed by atoms with Crippen molar-refractivity contribution in [3.63, 3.8) is 0 Å². The molecular weight excluding hydrogens is 258 g/mol. The first kappa shape index (κ1) is 13.0. The number of amides is 1. The van der Waals surface area contributed by atoms with Crippen LogP contribution in [0.25, 0.3) is 5.78 Å². The molecule has 0 aliphatic carbocycles. The molecule has 1 amide bonds. The lowest BCUT2D eigenvalue weighted by atomic mass is 9.94. The van der Waals surface area contributed by atoms with Gasteiger partial charge in [0.05, 0.1) is 5.60 Å². The van der Waals surface area contributed by atoms with Gasteiger partial charge in [-0.15, -0.1) is 5.10 Å². The van der Waals surface area contributed by atoms with E-state index in [0.717, 1.165) is 5.69 Å². The zero-order chi connectivity index (χ0) is 14.3. The molecule has 0 atom stereocenters. The van der Waals surface area contributed by atoms with E-state index in [0.29, 0.717) is 31.7 Å². The molecule has 0 radical (unpaired) electrons. The molecule has 1 N–H and O–H groups in total. The number of carbonyl (C=O) groups is 1. The SMILES string of the molecule is Cc1ccnc2nc(C(=O)N3CCC(C)(O)CC3)nn12. The van der Waals surface area contributed by atoms with Crippen molar-refractivity contribution in [3.8, 4) is 0 Å². The van der Waals surface area contributed by atoms with Gasteiger partial charge in [0.2, 0.25) is 5.82 Å². The maximum Gasteiger partial charge on any atom is 0.293 e. The van der Waals surface area contributed by atoms with Gasteiger partial charge in [0, 0.05) is 25.0 Å². The average molecular weight is 275 g/mol. The summed E-state index contributed by atoms with van der Waals surface area (Å²) in [5.74, 6) is 0.385. The second-order valence-corrected chi connectivity index (χ2v) is 5.52. The smallest absolute Gasteiger partial charge is 0.293 e. The number of hydrogen-bond acceptors (Lipinski definition) is 5. The summed E-state index contributed by atoms with van der Waals surface area (Å²) in [5, 5.41) is 14.1. The van der Waals surface area contributed by atoms with Crippen molar-refractivity contribution in [2.45, 2.75) is 32.3 Å². The third-order valence-corrected chi connectivity index (χ3v) is 3.75. The summed E-state index contributed by atoms with van der Waals surface area (Å²) in [4.78, 5) is 22.3. The predicted octanol–water partition coefficient (Wildman–Crippen LogP) is 0.420. The lowest BCUT2D eigenvalue weighted by Crippen LogP contribution is -2.45. The van der Waals surface area contributed by atoms with Crippen LogP contribution in [0.15, 0.2) is 12.3 Å². The fraction of sp³-hybridized carbons (Fsp3) is 0.538. The number of aromatic nitrogens is 4. The average Bonchev–Trinajstić information content (AvgIpc) is 2.83. The van der Waals surface area contributed by atoms with Gasteiger partial charge < -0.3 is 10.0 Å². The normalized spacial score (nSPS) is 18.4.